The van der Waals surface area contributed by atoms with Gasteiger partial charge in [-0.3, -0.25) is 0 Å². The summed E-state index contributed by atoms with van der Waals surface area (Å²) in [6, 6.07) is 11.0. The number of hydrogen-bond acceptors (Lipinski definition) is 4. The Morgan fingerprint density at radius 3 is 2.71 bits per heavy atom. The maximum atomic E-state index is 12.9. The first-order chi connectivity index (χ1) is 10.2. The summed E-state index contributed by atoms with van der Waals surface area (Å²) >= 11 is 3.34. The summed E-state index contributed by atoms with van der Waals surface area (Å²) in [5.41, 5.74) is 1.97. The third kappa shape index (κ3) is 3.56. The van der Waals surface area contributed by atoms with Gasteiger partial charge in [0.2, 0.25) is 0 Å². The number of halogens is 1. The second-order valence-electron chi connectivity index (χ2n) is 4.77. The maximum absolute atomic E-state index is 12.9. The quantitative estimate of drug-likeness (QED) is 0.726. The Morgan fingerprint density at radius 1 is 1.19 bits per heavy atom. The lowest BCUT2D eigenvalue weighted by molar-refractivity contribution is 0.577. The molecule has 0 amide bonds. The summed E-state index contributed by atoms with van der Waals surface area (Å²) < 4.78 is 12.9. The van der Waals surface area contributed by atoms with Crippen molar-refractivity contribution >= 4 is 22.7 Å². The Kier molecular flexibility index (Phi) is 4.43. The van der Waals surface area contributed by atoms with Crippen LogP contribution in [0.3, 0.4) is 0 Å². The number of thiazole rings is 1. The number of nitrogens with zero attached hydrogens (tertiary/aromatic N) is 1. The molecule has 0 spiro atoms. The van der Waals surface area contributed by atoms with Crippen LogP contribution in [0.15, 0.2) is 47.2 Å². The monoisotopic (exact) mass is 318 g/mol. The maximum Gasteiger partial charge on any atom is 0.123 e. The molecule has 0 bridgehead atoms. The molecule has 0 aliphatic carbocycles. The topological polar surface area (TPSA) is 24.9 Å². The van der Waals surface area contributed by atoms with Gasteiger partial charge in [-0.25, -0.2) is 9.37 Å². The fourth-order valence-corrected chi connectivity index (χ4v) is 3.59. The van der Waals surface area contributed by atoms with Crippen molar-refractivity contribution in [3.8, 4) is 10.6 Å². The van der Waals surface area contributed by atoms with Gasteiger partial charge >= 0.3 is 0 Å². The number of aromatic nitrogens is 1. The molecule has 21 heavy (non-hydrogen) atoms. The Labute approximate surface area is 131 Å². The SMILES string of the molecule is C[C@@H](NCc1csc(-c2ccc(F)cc2)n1)c1cccs1. The molecule has 0 saturated carbocycles. The van der Waals surface area contributed by atoms with Crippen molar-refractivity contribution < 1.29 is 4.39 Å². The van der Waals surface area contributed by atoms with E-state index in [1.54, 1.807) is 34.8 Å². The second-order valence-corrected chi connectivity index (χ2v) is 6.61. The zero-order valence-corrected chi connectivity index (χ0v) is 13.2. The summed E-state index contributed by atoms with van der Waals surface area (Å²) in [5, 5.41) is 8.53. The van der Waals surface area contributed by atoms with Crippen molar-refractivity contribution in [3.05, 3.63) is 63.5 Å². The average Bonchev–Trinajstić information content (AvgIpc) is 3.17. The molecule has 108 valence electrons. The molecule has 1 N–H and O–H groups in total. The molecule has 0 unspecified atom stereocenters. The number of thiophene rings is 1. The van der Waals surface area contributed by atoms with Gasteiger partial charge in [0.1, 0.15) is 10.8 Å². The molecule has 2 nitrogen and oxygen atoms in total. The normalized spacial score (nSPS) is 12.5. The molecule has 0 aliphatic heterocycles. The van der Waals surface area contributed by atoms with E-state index in [1.807, 2.05) is 5.38 Å². The van der Waals surface area contributed by atoms with Crippen LogP contribution >= 0.6 is 22.7 Å². The van der Waals surface area contributed by atoms with Crippen LogP contribution in [0.2, 0.25) is 0 Å². The van der Waals surface area contributed by atoms with Crippen molar-refractivity contribution in [1.29, 1.82) is 0 Å². The van der Waals surface area contributed by atoms with Crippen LogP contribution in [-0.4, -0.2) is 4.98 Å². The van der Waals surface area contributed by atoms with E-state index in [4.69, 9.17) is 0 Å². The predicted octanol–water partition coefficient (Wildman–Crippen LogP) is 4.86. The van der Waals surface area contributed by atoms with Crippen molar-refractivity contribution in [1.82, 2.24) is 10.3 Å². The Hall–Kier alpha value is -1.56. The van der Waals surface area contributed by atoms with E-state index in [2.05, 4.69) is 34.7 Å². The third-order valence-electron chi connectivity index (χ3n) is 3.20. The fraction of sp³-hybridized carbons (Fsp3) is 0.188. The molecule has 3 rings (SSSR count). The molecule has 0 fully saturated rings. The molecule has 1 aromatic carbocycles. The van der Waals surface area contributed by atoms with Crippen LogP contribution in [0.5, 0.6) is 0 Å². The lowest BCUT2D eigenvalue weighted by atomic mass is 10.2. The van der Waals surface area contributed by atoms with Crippen LogP contribution < -0.4 is 5.32 Å². The number of rotatable bonds is 5. The van der Waals surface area contributed by atoms with Crippen molar-refractivity contribution in [2.75, 3.05) is 0 Å². The van der Waals surface area contributed by atoms with Gasteiger partial charge < -0.3 is 5.32 Å². The van der Waals surface area contributed by atoms with E-state index in [0.717, 1.165) is 22.8 Å². The molecular weight excluding hydrogens is 303 g/mol. The average molecular weight is 318 g/mol. The standard InChI is InChI=1S/C16H15FN2S2/c1-11(15-3-2-8-20-15)18-9-14-10-21-16(19-14)12-4-6-13(17)7-5-12/h2-8,10-11,18H,9H2,1H3/t11-/m1/s1. The highest BCUT2D eigenvalue weighted by molar-refractivity contribution is 7.13. The van der Waals surface area contributed by atoms with Crippen molar-refractivity contribution in [2.24, 2.45) is 0 Å². The zero-order chi connectivity index (χ0) is 14.7. The molecule has 0 aliphatic rings. The van der Waals surface area contributed by atoms with E-state index < -0.39 is 0 Å². The van der Waals surface area contributed by atoms with Crippen molar-refractivity contribution in [3.63, 3.8) is 0 Å². The van der Waals surface area contributed by atoms with Gasteiger partial charge in [-0.1, -0.05) is 6.07 Å². The smallest absolute Gasteiger partial charge is 0.123 e. The van der Waals surface area contributed by atoms with E-state index in [1.165, 1.54) is 17.0 Å². The number of benzene rings is 1. The lowest BCUT2D eigenvalue weighted by Gasteiger charge is -2.10. The first-order valence-corrected chi connectivity index (χ1v) is 8.45. The van der Waals surface area contributed by atoms with E-state index in [9.17, 15) is 4.39 Å². The number of hydrogen-bond donors (Lipinski definition) is 1. The minimum Gasteiger partial charge on any atom is -0.304 e. The Morgan fingerprint density at radius 2 is 2.00 bits per heavy atom. The van der Waals surface area contributed by atoms with Crippen LogP contribution in [0.25, 0.3) is 10.6 Å². The van der Waals surface area contributed by atoms with Gasteiger partial charge in [-0.15, -0.1) is 22.7 Å². The summed E-state index contributed by atoms with van der Waals surface area (Å²) in [7, 11) is 0. The van der Waals surface area contributed by atoms with Gasteiger partial charge in [-0.2, -0.15) is 0 Å². The first kappa shape index (κ1) is 14.4. The molecule has 1 atom stereocenters. The molecule has 0 saturated heterocycles. The first-order valence-electron chi connectivity index (χ1n) is 6.69. The van der Waals surface area contributed by atoms with E-state index in [-0.39, 0.29) is 5.82 Å². The molecule has 2 aromatic heterocycles. The summed E-state index contributed by atoms with van der Waals surface area (Å²) in [6.07, 6.45) is 0. The largest absolute Gasteiger partial charge is 0.304 e. The van der Waals surface area contributed by atoms with Crippen LogP contribution in [-0.2, 0) is 6.54 Å². The van der Waals surface area contributed by atoms with Gasteiger partial charge in [0.15, 0.2) is 0 Å². The fourth-order valence-electron chi connectivity index (χ4n) is 2.01. The molecule has 5 heteroatoms. The van der Waals surface area contributed by atoms with Crippen LogP contribution in [0, 0.1) is 5.82 Å². The highest BCUT2D eigenvalue weighted by Crippen LogP contribution is 2.24. The van der Waals surface area contributed by atoms with Gasteiger partial charge in [0.05, 0.1) is 5.69 Å². The Bertz CT molecular complexity index is 689. The number of nitrogens with one attached hydrogen (secondary N) is 1. The van der Waals surface area contributed by atoms with Gasteiger partial charge in [0, 0.05) is 28.4 Å². The summed E-state index contributed by atoms with van der Waals surface area (Å²) in [6.45, 7) is 2.88. The lowest BCUT2D eigenvalue weighted by Crippen LogP contribution is -2.17. The van der Waals surface area contributed by atoms with E-state index in [0.29, 0.717) is 6.04 Å². The third-order valence-corrected chi connectivity index (χ3v) is 5.20. The molecular formula is C16H15FN2S2. The highest BCUT2D eigenvalue weighted by Gasteiger charge is 2.08. The summed E-state index contributed by atoms with van der Waals surface area (Å²) in [4.78, 5) is 5.92. The van der Waals surface area contributed by atoms with Crippen LogP contribution in [0.1, 0.15) is 23.5 Å². The molecule has 2 heterocycles. The van der Waals surface area contributed by atoms with Crippen molar-refractivity contribution in [2.45, 2.75) is 19.5 Å². The zero-order valence-electron chi connectivity index (χ0n) is 11.5. The predicted molar refractivity (Wildman–Crippen MR) is 87.1 cm³/mol. The molecule has 0 radical (unpaired) electrons. The minimum atomic E-state index is -0.220. The van der Waals surface area contributed by atoms with Gasteiger partial charge in [0.25, 0.3) is 0 Å². The highest BCUT2D eigenvalue weighted by atomic mass is 32.1. The molecule has 3 aromatic rings. The van der Waals surface area contributed by atoms with Crippen LogP contribution in [0.4, 0.5) is 4.39 Å². The Balaban J connectivity index is 1.64. The second kappa shape index (κ2) is 6.47. The summed E-state index contributed by atoms with van der Waals surface area (Å²) in [5.74, 6) is -0.220. The van der Waals surface area contributed by atoms with Gasteiger partial charge in [-0.05, 0) is 42.6 Å². The van der Waals surface area contributed by atoms with E-state index >= 15 is 0 Å². The minimum absolute atomic E-state index is 0.220.